The van der Waals surface area contributed by atoms with Crippen LogP contribution in [0.1, 0.15) is 284 Å². The highest BCUT2D eigenvalue weighted by Gasteiger charge is 2.19. The van der Waals surface area contributed by atoms with Crippen molar-refractivity contribution in [3.63, 3.8) is 0 Å². The van der Waals surface area contributed by atoms with Crippen molar-refractivity contribution in [1.29, 1.82) is 0 Å². The van der Waals surface area contributed by atoms with Gasteiger partial charge in [0.15, 0.2) is 6.10 Å². The molecule has 6 nitrogen and oxygen atoms in total. The zero-order valence-corrected chi connectivity index (χ0v) is 42.6. The van der Waals surface area contributed by atoms with Crippen LogP contribution in [0.3, 0.4) is 0 Å². The molecule has 0 fully saturated rings. The van der Waals surface area contributed by atoms with E-state index in [1.165, 1.54) is 161 Å². The van der Waals surface area contributed by atoms with Gasteiger partial charge in [0, 0.05) is 19.3 Å². The van der Waals surface area contributed by atoms with Crippen molar-refractivity contribution in [2.75, 3.05) is 13.2 Å². The predicted molar refractivity (Wildman–Crippen MR) is 275 cm³/mol. The molecule has 0 heterocycles. The van der Waals surface area contributed by atoms with Gasteiger partial charge in [-0.05, 0) is 77.0 Å². The lowest BCUT2D eigenvalue weighted by Crippen LogP contribution is -2.30. The monoisotopic (exact) mass is 897 g/mol. The van der Waals surface area contributed by atoms with Crippen LogP contribution in [0, 0.1) is 0 Å². The van der Waals surface area contributed by atoms with Gasteiger partial charge < -0.3 is 14.2 Å². The van der Waals surface area contributed by atoms with E-state index >= 15 is 0 Å². The van der Waals surface area contributed by atoms with Crippen LogP contribution in [0.5, 0.6) is 0 Å². The van der Waals surface area contributed by atoms with Crippen molar-refractivity contribution < 1.29 is 28.6 Å². The molecule has 0 spiro atoms. The molecule has 0 aliphatic heterocycles. The summed E-state index contributed by atoms with van der Waals surface area (Å²) in [6.07, 6.45) is 63.9. The quantitative estimate of drug-likeness (QED) is 0.0262. The van der Waals surface area contributed by atoms with Crippen molar-refractivity contribution in [3.8, 4) is 0 Å². The molecule has 0 aliphatic carbocycles. The summed E-state index contributed by atoms with van der Waals surface area (Å²) < 4.78 is 16.8. The highest BCUT2D eigenvalue weighted by molar-refractivity contribution is 5.71. The third-order valence-electron chi connectivity index (χ3n) is 12.1. The zero-order valence-electron chi connectivity index (χ0n) is 42.6. The maximum Gasteiger partial charge on any atom is 0.306 e. The maximum atomic E-state index is 12.8. The fourth-order valence-corrected chi connectivity index (χ4v) is 7.92. The summed E-state index contributed by atoms with van der Waals surface area (Å²) in [6, 6.07) is 0. The lowest BCUT2D eigenvalue weighted by atomic mass is 10.0. The molecule has 1 atom stereocenters. The standard InChI is InChI=1S/C58H104O6/c1-4-7-10-13-16-19-22-25-27-29-30-32-33-36-39-42-45-48-51-57(60)63-54-55(53-62-56(59)50-47-44-41-38-35-24-21-18-15-12-9-6-3)64-58(61)52-49-46-43-40-37-34-31-28-26-23-20-17-14-11-8-5-2/h9,12,18,21,30,32,35,38,55H,4-8,10-11,13-17,19-20,22-29,31,33-34,36-37,39-54H2,1-3H3/b12-9-,21-18-,32-30-,38-35-. The summed E-state index contributed by atoms with van der Waals surface area (Å²) in [6.45, 7) is 6.51. The second-order valence-electron chi connectivity index (χ2n) is 18.5. The molecule has 0 rings (SSSR count). The van der Waals surface area contributed by atoms with Crippen LogP contribution in [0.2, 0.25) is 0 Å². The van der Waals surface area contributed by atoms with Gasteiger partial charge in [-0.25, -0.2) is 0 Å². The zero-order chi connectivity index (χ0) is 46.5. The van der Waals surface area contributed by atoms with Gasteiger partial charge in [-0.15, -0.1) is 0 Å². The molecule has 0 N–H and O–H groups in total. The molecule has 0 radical (unpaired) electrons. The molecule has 6 heteroatoms. The minimum absolute atomic E-state index is 0.0870. The molecule has 0 bridgehead atoms. The summed E-state index contributed by atoms with van der Waals surface area (Å²) in [5.41, 5.74) is 0. The summed E-state index contributed by atoms with van der Waals surface area (Å²) in [5, 5.41) is 0. The van der Waals surface area contributed by atoms with E-state index in [9.17, 15) is 14.4 Å². The third-order valence-corrected chi connectivity index (χ3v) is 12.1. The Morgan fingerprint density at radius 3 is 1.00 bits per heavy atom. The third kappa shape index (κ3) is 50.4. The van der Waals surface area contributed by atoms with Gasteiger partial charge in [-0.2, -0.15) is 0 Å². The Hall–Kier alpha value is -2.63. The van der Waals surface area contributed by atoms with E-state index in [1.54, 1.807) is 0 Å². The van der Waals surface area contributed by atoms with Crippen molar-refractivity contribution in [3.05, 3.63) is 48.6 Å². The minimum Gasteiger partial charge on any atom is -0.462 e. The second kappa shape index (κ2) is 53.0. The predicted octanol–water partition coefficient (Wildman–Crippen LogP) is 18.3. The highest BCUT2D eigenvalue weighted by Crippen LogP contribution is 2.16. The first-order valence-electron chi connectivity index (χ1n) is 27.6. The first-order valence-corrected chi connectivity index (χ1v) is 27.6. The number of carbonyl (C=O) groups excluding carboxylic acids is 3. The SMILES string of the molecule is CC/C=C\C/C=C\C/C=C\CCCCC(=O)OCC(COC(=O)CCCCCCC/C=C\CCCCCCCCCCC)OC(=O)CCCCCCCCCCCCCCCCCC. The highest BCUT2D eigenvalue weighted by atomic mass is 16.6. The molecule has 0 aromatic carbocycles. The van der Waals surface area contributed by atoms with Gasteiger partial charge >= 0.3 is 17.9 Å². The van der Waals surface area contributed by atoms with Gasteiger partial charge in [0.1, 0.15) is 13.2 Å². The Bertz CT molecular complexity index is 1120. The summed E-state index contributed by atoms with van der Waals surface area (Å²) >= 11 is 0. The van der Waals surface area contributed by atoms with Crippen LogP contribution >= 0.6 is 0 Å². The van der Waals surface area contributed by atoms with Gasteiger partial charge in [-0.1, -0.05) is 236 Å². The van der Waals surface area contributed by atoms with Gasteiger partial charge in [0.05, 0.1) is 0 Å². The lowest BCUT2D eigenvalue weighted by molar-refractivity contribution is -0.167. The molecular weight excluding hydrogens is 793 g/mol. The number of carbonyl (C=O) groups is 3. The van der Waals surface area contributed by atoms with Crippen LogP contribution in [-0.2, 0) is 28.6 Å². The molecule has 0 saturated heterocycles. The Balaban J connectivity index is 4.37. The largest absolute Gasteiger partial charge is 0.462 e. The summed E-state index contributed by atoms with van der Waals surface area (Å²) in [4.78, 5) is 38.0. The maximum absolute atomic E-state index is 12.8. The molecule has 0 aromatic rings. The van der Waals surface area contributed by atoms with Crippen LogP contribution in [0.4, 0.5) is 0 Å². The molecule has 64 heavy (non-hydrogen) atoms. The molecule has 0 aliphatic rings. The fraction of sp³-hybridized carbons (Fsp3) is 0.810. The average molecular weight is 897 g/mol. The number of unbranched alkanes of at least 4 members (excludes halogenated alkanes) is 31. The van der Waals surface area contributed by atoms with Gasteiger partial charge in [-0.3, -0.25) is 14.4 Å². The van der Waals surface area contributed by atoms with Crippen molar-refractivity contribution in [1.82, 2.24) is 0 Å². The van der Waals surface area contributed by atoms with Crippen LogP contribution < -0.4 is 0 Å². The molecule has 0 saturated carbocycles. The molecule has 1 unspecified atom stereocenters. The van der Waals surface area contributed by atoms with E-state index in [0.717, 1.165) is 83.5 Å². The number of allylic oxidation sites excluding steroid dienone is 8. The smallest absolute Gasteiger partial charge is 0.306 e. The van der Waals surface area contributed by atoms with Gasteiger partial charge in [0.2, 0.25) is 0 Å². The van der Waals surface area contributed by atoms with E-state index in [2.05, 4.69) is 69.4 Å². The Morgan fingerprint density at radius 2 is 0.609 bits per heavy atom. The van der Waals surface area contributed by atoms with E-state index < -0.39 is 6.10 Å². The van der Waals surface area contributed by atoms with Crippen LogP contribution in [0.15, 0.2) is 48.6 Å². The summed E-state index contributed by atoms with van der Waals surface area (Å²) in [7, 11) is 0. The van der Waals surface area contributed by atoms with Crippen molar-refractivity contribution in [2.24, 2.45) is 0 Å². The number of esters is 3. The number of rotatable bonds is 50. The number of ether oxygens (including phenoxy) is 3. The van der Waals surface area contributed by atoms with Crippen molar-refractivity contribution >= 4 is 17.9 Å². The second-order valence-corrected chi connectivity index (χ2v) is 18.5. The Morgan fingerprint density at radius 1 is 0.328 bits per heavy atom. The van der Waals surface area contributed by atoms with E-state index in [-0.39, 0.29) is 31.1 Å². The van der Waals surface area contributed by atoms with Crippen LogP contribution in [0.25, 0.3) is 0 Å². The van der Waals surface area contributed by atoms with Gasteiger partial charge in [0.25, 0.3) is 0 Å². The number of hydrogen-bond donors (Lipinski definition) is 0. The normalized spacial score (nSPS) is 12.4. The Kier molecular flexibility index (Phi) is 50.8. The van der Waals surface area contributed by atoms with Crippen LogP contribution in [-0.4, -0.2) is 37.2 Å². The van der Waals surface area contributed by atoms with E-state index in [0.29, 0.717) is 19.3 Å². The van der Waals surface area contributed by atoms with Crippen molar-refractivity contribution in [2.45, 2.75) is 290 Å². The topological polar surface area (TPSA) is 78.9 Å². The minimum atomic E-state index is -0.789. The Labute approximate surface area is 397 Å². The van der Waals surface area contributed by atoms with E-state index in [1.807, 2.05) is 0 Å². The number of hydrogen-bond acceptors (Lipinski definition) is 6. The van der Waals surface area contributed by atoms with E-state index in [4.69, 9.17) is 14.2 Å². The first-order chi connectivity index (χ1) is 31.5. The molecule has 372 valence electrons. The molecular formula is C58H104O6. The summed E-state index contributed by atoms with van der Waals surface area (Å²) in [5.74, 6) is -0.923. The molecule has 0 aromatic heterocycles. The first kappa shape index (κ1) is 61.4. The molecule has 0 amide bonds. The average Bonchev–Trinajstić information content (AvgIpc) is 3.29. The lowest BCUT2D eigenvalue weighted by Gasteiger charge is -2.18. The fourth-order valence-electron chi connectivity index (χ4n) is 7.92.